The fraction of sp³-hybridized carbons (Fsp3) is 0. The molecule has 4 N–H and O–H groups in total. The summed E-state index contributed by atoms with van der Waals surface area (Å²) in [5, 5.41) is 46.3. The number of nitro benzene ring substituents is 1. The number of phenols is 2. The van der Waals surface area contributed by atoms with E-state index in [0.717, 1.165) is 4.73 Å². The van der Waals surface area contributed by atoms with Gasteiger partial charge in [-0.1, -0.05) is 35.3 Å². The predicted molar refractivity (Wildman–Crippen MR) is 187 cm³/mol. The van der Waals surface area contributed by atoms with E-state index in [4.69, 9.17) is 15.4 Å². The molecule has 2 aliphatic rings. The minimum Gasteiger partial charge on any atom is -0.619 e. The van der Waals surface area contributed by atoms with Crippen LogP contribution in [0, 0.1) is 21.5 Å². The highest BCUT2D eigenvalue weighted by atomic mass is 16.6. The van der Waals surface area contributed by atoms with E-state index in [1.807, 2.05) is 17.6 Å². The number of carbonyl (C=O) groups is 4. The normalized spacial score (nSPS) is 10.9. The second-order valence-electron chi connectivity index (χ2n) is 8.94. The van der Waals surface area contributed by atoms with Crippen LogP contribution in [0.2, 0.25) is 0 Å². The Bertz CT molecular complexity index is 1760. The van der Waals surface area contributed by atoms with Crippen LogP contribution >= 0.6 is 0 Å². The van der Waals surface area contributed by atoms with Crippen LogP contribution in [-0.2, 0) is 19.2 Å². The molecule has 0 amide bonds. The van der Waals surface area contributed by atoms with Gasteiger partial charge in [-0.2, -0.15) is 4.73 Å². The van der Waals surface area contributed by atoms with Gasteiger partial charge in [0.25, 0.3) is 12.9 Å². The van der Waals surface area contributed by atoms with E-state index < -0.39 is 4.92 Å². The van der Waals surface area contributed by atoms with Crippen LogP contribution in [0.1, 0.15) is 0 Å². The second kappa shape index (κ2) is 26.2. The zero-order chi connectivity index (χ0) is 38.4. The van der Waals surface area contributed by atoms with Crippen molar-refractivity contribution in [3.63, 3.8) is 0 Å². The standard InChI is InChI=1S/C7H5NO4.C7H7NO3.C6H6O2.C6H4O2.C5H5NO.C5H4N/c9-5-12-7-4-2-1-3-6(7)8(10)11;9-5-11-7-4-2-1-3-6(7)8-10;2*7-5-1-2-6(8)4-3-5;7-6-4-2-1-3-5-6;1-2-4-6-5-3-1/h1-5H;1-5,8,10H;1-4,7-8H;1-4H;1-5H;1-4H/q;;;;;+1. The summed E-state index contributed by atoms with van der Waals surface area (Å²) in [6.45, 7) is 0.457. The fourth-order valence-electron chi connectivity index (χ4n) is 3.03. The number of para-hydroxylation sites is 4. The van der Waals surface area contributed by atoms with E-state index in [0.29, 0.717) is 17.9 Å². The van der Waals surface area contributed by atoms with E-state index in [1.165, 1.54) is 79.2 Å². The van der Waals surface area contributed by atoms with Gasteiger partial charge in [0.2, 0.25) is 5.75 Å². The third kappa shape index (κ3) is 19.8. The van der Waals surface area contributed by atoms with Crippen LogP contribution in [0.4, 0.5) is 11.4 Å². The van der Waals surface area contributed by atoms with Gasteiger partial charge in [0.15, 0.2) is 35.9 Å². The Hall–Kier alpha value is -7.81. The molecular weight excluding hydrogens is 680 g/mol. The number of carbonyl (C=O) groups excluding carboxylic acids is 4. The van der Waals surface area contributed by atoms with Crippen molar-refractivity contribution >= 4 is 42.1 Å². The number of hydrogen-bond acceptors (Lipinski definition) is 14. The lowest BCUT2D eigenvalue weighted by Crippen LogP contribution is -2.22. The molecule has 2 heterocycles. The summed E-state index contributed by atoms with van der Waals surface area (Å²) in [5.74, 6) is 0.349. The molecule has 1 aliphatic carbocycles. The first kappa shape index (κ1) is 42.2. The third-order valence-corrected chi connectivity index (χ3v) is 5.30. The van der Waals surface area contributed by atoms with Gasteiger partial charge in [0.05, 0.1) is 17.1 Å². The zero-order valence-electron chi connectivity index (χ0n) is 26.9. The maximum absolute atomic E-state index is 10.3. The first-order chi connectivity index (χ1) is 25.1. The number of nitrogens with zero attached hydrogens (tertiary/aromatic N) is 3. The van der Waals surface area contributed by atoms with Gasteiger partial charge in [0.1, 0.15) is 29.5 Å². The third-order valence-electron chi connectivity index (χ3n) is 5.30. The summed E-state index contributed by atoms with van der Waals surface area (Å²) in [5.41, 5.74) is 2.04. The number of nitrogens with one attached hydrogen (secondary N) is 1. The Morgan fingerprint density at radius 2 is 1.23 bits per heavy atom. The fourth-order valence-corrected chi connectivity index (χ4v) is 3.03. The number of aromatic nitrogens is 1. The van der Waals surface area contributed by atoms with Crippen LogP contribution < -0.4 is 19.7 Å². The second-order valence-corrected chi connectivity index (χ2v) is 8.94. The molecule has 16 heteroatoms. The van der Waals surface area contributed by atoms with Gasteiger partial charge < -0.3 is 24.9 Å². The van der Waals surface area contributed by atoms with Crippen LogP contribution in [0.15, 0.2) is 151 Å². The predicted octanol–water partition coefficient (Wildman–Crippen LogP) is 4.77. The monoisotopic (exact) mass is 711 g/mol. The number of rotatable bonds is 6. The number of hydrogen-bond donors (Lipinski definition) is 4. The molecule has 16 nitrogen and oxygen atoms in total. The van der Waals surface area contributed by atoms with Crippen molar-refractivity contribution in [3.05, 3.63) is 167 Å². The van der Waals surface area contributed by atoms with E-state index in [1.54, 1.807) is 60.8 Å². The average Bonchev–Trinajstić information content (AvgIpc) is 3.17. The number of allylic oxidation sites excluding steroid dienone is 7. The maximum atomic E-state index is 10.3. The largest absolute Gasteiger partial charge is 0.619 e. The van der Waals surface area contributed by atoms with Gasteiger partial charge in [-0.3, -0.25) is 40.0 Å². The van der Waals surface area contributed by atoms with Crippen LogP contribution in [-0.4, -0.2) is 51.1 Å². The molecule has 1 aliphatic heterocycles. The minimum absolute atomic E-state index is 0.0440. The Morgan fingerprint density at radius 1 is 0.731 bits per heavy atom. The van der Waals surface area contributed by atoms with E-state index in [9.17, 15) is 34.5 Å². The molecule has 0 radical (unpaired) electrons. The molecule has 0 saturated carbocycles. The molecule has 0 fully saturated rings. The van der Waals surface area contributed by atoms with Crippen molar-refractivity contribution in [2.75, 3.05) is 5.48 Å². The van der Waals surface area contributed by atoms with Crippen molar-refractivity contribution in [2.24, 2.45) is 4.99 Å². The van der Waals surface area contributed by atoms with E-state index in [-0.39, 0.29) is 41.0 Å². The van der Waals surface area contributed by atoms with Gasteiger partial charge in [-0.05, 0) is 66.8 Å². The number of pyridine rings is 1. The number of aromatic hydroxyl groups is 2. The molecule has 3 aromatic carbocycles. The first-order valence-electron chi connectivity index (χ1n) is 14.4. The number of benzene rings is 3. The van der Waals surface area contributed by atoms with Crippen molar-refractivity contribution in [3.8, 4) is 23.0 Å². The highest BCUT2D eigenvalue weighted by molar-refractivity contribution is 6.14. The number of nitro groups is 1. The maximum Gasteiger partial charge on any atom is 0.311 e. The molecule has 0 bridgehead atoms. The molecule has 0 atom stereocenters. The Kier molecular flexibility index (Phi) is 21.3. The van der Waals surface area contributed by atoms with Gasteiger partial charge in [-0.15, -0.1) is 0 Å². The Morgan fingerprint density at radius 3 is 1.62 bits per heavy atom. The van der Waals surface area contributed by atoms with Crippen molar-refractivity contribution < 1.29 is 53.7 Å². The van der Waals surface area contributed by atoms with Crippen molar-refractivity contribution in [1.29, 1.82) is 0 Å². The Balaban J connectivity index is 0.000000317. The molecule has 1 aromatic heterocycles. The number of anilines is 1. The summed E-state index contributed by atoms with van der Waals surface area (Å²) >= 11 is 0. The average molecular weight is 712 g/mol. The van der Waals surface area contributed by atoms with Gasteiger partial charge in [0, 0.05) is 18.2 Å². The smallest absolute Gasteiger partial charge is 0.311 e. The van der Waals surface area contributed by atoms with Gasteiger partial charge in [-0.25, -0.2) is 0 Å². The molecule has 0 unspecified atom stereocenters. The molecule has 0 spiro atoms. The molecule has 266 valence electrons. The molecule has 4 aromatic rings. The summed E-state index contributed by atoms with van der Waals surface area (Å²) < 4.78 is 9.65. The quantitative estimate of drug-likeness (QED) is 0.0308. The lowest BCUT2D eigenvalue weighted by Gasteiger charge is -2.03. The SMILES string of the molecule is O=C1C=CC(=O)C=C1.O=COc1ccccc1NO.O=COc1ccccc1[N+](=O)[O-].Oc1ccc(O)cc1.[C+]1=CC=CC=N1.[O-][n+]1ccccc1. The first-order valence-corrected chi connectivity index (χ1v) is 14.4. The number of aliphatic imine (C=N–C) groups is 1. The lowest BCUT2D eigenvalue weighted by atomic mass is 10.2. The highest BCUT2D eigenvalue weighted by Crippen LogP contribution is 2.25. The van der Waals surface area contributed by atoms with Gasteiger partial charge >= 0.3 is 5.69 Å². The molecule has 6 rings (SSSR count). The topological polar surface area (TPSA) is 242 Å². The summed E-state index contributed by atoms with van der Waals surface area (Å²) in [7, 11) is 0. The van der Waals surface area contributed by atoms with E-state index in [2.05, 4.69) is 20.7 Å². The highest BCUT2D eigenvalue weighted by Gasteiger charge is 2.12. The molecule has 0 saturated heterocycles. The lowest BCUT2D eigenvalue weighted by molar-refractivity contribution is -0.605. The van der Waals surface area contributed by atoms with Crippen LogP contribution in [0.25, 0.3) is 0 Å². The molecular formula is C36H31N4O12+. The number of phenolic OH excluding ortho intramolecular Hbond substituents is 2. The number of ether oxygens (including phenoxy) is 2. The summed E-state index contributed by atoms with van der Waals surface area (Å²) in [6, 6.07) is 23.1. The number of ketones is 2. The molecule has 52 heavy (non-hydrogen) atoms. The van der Waals surface area contributed by atoms with Crippen LogP contribution in [0.5, 0.6) is 23.0 Å². The summed E-state index contributed by atoms with van der Waals surface area (Å²) in [6.07, 6.45) is 17.7. The Labute approximate surface area is 296 Å². The minimum atomic E-state index is -0.612. The zero-order valence-corrected chi connectivity index (χ0v) is 26.9. The van der Waals surface area contributed by atoms with Crippen molar-refractivity contribution in [1.82, 2.24) is 0 Å². The van der Waals surface area contributed by atoms with Crippen molar-refractivity contribution in [2.45, 2.75) is 0 Å². The summed E-state index contributed by atoms with van der Waals surface area (Å²) in [4.78, 5) is 53.7. The van der Waals surface area contributed by atoms with Crippen LogP contribution in [0.3, 0.4) is 0 Å². The van der Waals surface area contributed by atoms with E-state index >= 15 is 0 Å².